The number of benzene rings is 3. The number of aliphatic hydroxyl groups is 2. The molecule has 0 aliphatic rings. The van der Waals surface area contributed by atoms with Gasteiger partial charge < -0.3 is 20.1 Å². The van der Waals surface area contributed by atoms with Crippen LogP contribution in [-0.2, 0) is 6.54 Å². The summed E-state index contributed by atoms with van der Waals surface area (Å²) in [4.78, 5) is 17.3. The molecular weight excluding hydrogens is 554 g/mol. The first-order valence-electron chi connectivity index (χ1n) is 12.8. The number of aromatic nitrogens is 2. The summed E-state index contributed by atoms with van der Waals surface area (Å²) in [6, 6.07) is 23.1. The van der Waals surface area contributed by atoms with Gasteiger partial charge in [-0.05, 0) is 88.8 Å². The number of carbonyl (C=O) groups is 1. The standard InChI is InChI=1S/C32H30BrN3O3/c1-19-21(3)36(18-22-8-10-23(11-9-22)27-6-4-5-7-28(27)32(38)39)30-13-12-24(15-29(19)30)31(37)35-20(2)25-14-26(33)17-34-16-25/h4-17,20,32,38-39H,18H2,1-3H3,(H,35,37). The normalized spacial score (nSPS) is 12.2. The minimum Gasteiger partial charge on any atom is -0.364 e. The van der Waals surface area contributed by atoms with Gasteiger partial charge in [-0.2, -0.15) is 0 Å². The monoisotopic (exact) mass is 583 g/mol. The van der Waals surface area contributed by atoms with E-state index in [9.17, 15) is 15.0 Å². The van der Waals surface area contributed by atoms with Crippen LogP contribution in [0.4, 0.5) is 0 Å². The maximum absolute atomic E-state index is 13.1. The molecule has 0 aliphatic carbocycles. The number of amides is 1. The lowest BCUT2D eigenvalue weighted by Gasteiger charge is -2.15. The lowest BCUT2D eigenvalue weighted by molar-refractivity contribution is -0.0420. The van der Waals surface area contributed by atoms with E-state index in [1.165, 1.54) is 0 Å². The van der Waals surface area contributed by atoms with E-state index in [2.05, 4.69) is 56.8 Å². The summed E-state index contributed by atoms with van der Waals surface area (Å²) in [6.45, 7) is 6.82. The lowest BCUT2D eigenvalue weighted by atomic mass is 9.98. The topological polar surface area (TPSA) is 87.4 Å². The molecular formula is C32H30BrN3O3. The second-order valence-electron chi connectivity index (χ2n) is 9.82. The van der Waals surface area contributed by atoms with E-state index >= 15 is 0 Å². The number of nitrogens with one attached hydrogen (secondary N) is 1. The van der Waals surface area contributed by atoms with Crippen molar-refractivity contribution in [1.82, 2.24) is 14.9 Å². The molecule has 0 bridgehead atoms. The fraction of sp³-hybridized carbons (Fsp3) is 0.188. The number of rotatable bonds is 7. The molecule has 5 aromatic rings. The molecule has 39 heavy (non-hydrogen) atoms. The number of fused-ring (bicyclic) bond motifs is 1. The van der Waals surface area contributed by atoms with Crippen LogP contribution in [0.1, 0.15) is 57.6 Å². The zero-order chi connectivity index (χ0) is 27.7. The summed E-state index contributed by atoms with van der Waals surface area (Å²) in [7, 11) is 0. The zero-order valence-corrected chi connectivity index (χ0v) is 23.6. The minimum atomic E-state index is -1.52. The summed E-state index contributed by atoms with van der Waals surface area (Å²) >= 11 is 3.44. The number of aryl methyl sites for hydroxylation is 1. The SMILES string of the molecule is Cc1c(C)n(Cc2ccc(-c3ccccc3C(O)O)cc2)c2ccc(C(=O)NC(C)c3cncc(Br)c3)cc12. The van der Waals surface area contributed by atoms with Crippen LogP contribution in [0.3, 0.4) is 0 Å². The Balaban J connectivity index is 1.38. The third-order valence-electron chi connectivity index (χ3n) is 7.32. The van der Waals surface area contributed by atoms with Gasteiger partial charge in [0.2, 0.25) is 0 Å². The number of hydrogen-bond donors (Lipinski definition) is 3. The molecule has 6 nitrogen and oxygen atoms in total. The molecule has 0 saturated heterocycles. The predicted octanol–water partition coefficient (Wildman–Crippen LogP) is 6.61. The highest BCUT2D eigenvalue weighted by molar-refractivity contribution is 9.10. The van der Waals surface area contributed by atoms with Crippen LogP contribution in [-0.4, -0.2) is 25.7 Å². The van der Waals surface area contributed by atoms with Crippen LogP contribution >= 0.6 is 15.9 Å². The summed E-state index contributed by atoms with van der Waals surface area (Å²) in [6.07, 6.45) is 1.95. The van der Waals surface area contributed by atoms with E-state index in [1.54, 1.807) is 24.5 Å². The largest absolute Gasteiger partial charge is 0.364 e. The number of nitrogens with zero attached hydrogens (tertiary/aromatic N) is 2. The molecule has 0 aliphatic heterocycles. The quantitative estimate of drug-likeness (QED) is 0.188. The van der Waals surface area contributed by atoms with Crippen LogP contribution in [0.2, 0.25) is 0 Å². The van der Waals surface area contributed by atoms with E-state index < -0.39 is 6.29 Å². The van der Waals surface area contributed by atoms with Crippen molar-refractivity contribution in [2.75, 3.05) is 0 Å². The Labute approximate surface area is 236 Å². The molecule has 0 saturated carbocycles. The molecule has 0 spiro atoms. The Morgan fingerprint density at radius 2 is 1.74 bits per heavy atom. The van der Waals surface area contributed by atoms with E-state index in [0.29, 0.717) is 17.7 Å². The van der Waals surface area contributed by atoms with E-state index in [1.807, 2.05) is 55.5 Å². The number of halogens is 1. The van der Waals surface area contributed by atoms with Crippen molar-refractivity contribution in [3.63, 3.8) is 0 Å². The molecule has 7 heteroatoms. The zero-order valence-electron chi connectivity index (χ0n) is 22.0. The van der Waals surface area contributed by atoms with Gasteiger partial charge in [-0.15, -0.1) is 0 Å². The van der Waals surface area contributed by atoms with Gasteiger partial charge in [0, 0.05) is 51.1 Å². The molecule has 2 heterocycles. The van der Waals surface area contributed by atoms with Crippen LogP contribution in [0, 0.1) is 13.8 Å². The lowest BCUT2D eigenvalue weighted by Crippen LogP contribution is -2.26. The molecule has 2 aromatic heterocycles. The summed E-state index contributed by atoms with van der Waals surface area (Å²) in [5, 5.41) is 23.6. The maximum atomic E-state index is 13.1. The first-order valence-corrected chi connectivity index (χ1v) is 13.6. The van der Waals surface area contributed by atoms with Gasteiger partial charge in [-0.25, -0.2) is 0 Å². The van der Waals surface area contributed by atoms with E-state index in [4.69, 9.17) is 0 Å². The highest BCUT2D eigenvalue weighted by atomic mass is 79.9. The molecule has 3 aromatic carbocycles. The number of pyridine rings is 1. The minimum absolute atomic E-state index is 0.127. The fourth-order valence-corrected chi connectivity index (χ4v) is 5.36. The Morgan fingerprint density at radius 3 is 2.46 bits per heavy atom. The van der Waals surface area contributed by atoms with Gasteiger partial charge in [0.15, 0.2) is 6.29 Å². The van der Waals surface area contributed by atoms with Gasteiger partial charge in [0.25, 0.3) is 5.91 Å². The van der Waals surface area contributed by atoms with Crippen molar-refractivity contribution in [3.8, 4) is 11.1 Å². The van der Waals surface area contributed by atoms with Crippen molar-refractivity contribution in [1.29, 1.82) is 0 Å². The van der Waals surface area contributed by atoms with E-state index in [-0.39, 0.29) is 11.9 Å². The fourth-order valence-electron chi connectivity index (χ4n) is 4.98. The van der Waals surface area contributed by atoms with Gasteiger partial charge in [-0.3, -0.25) is 9.78 Å². The molecule has 0 radical (unpaired) electrons. The van der Waals surface area contributed by atoms with Crippen molar-refractivity contribution >= 4 is 32.7 Å². The Bertz CT molecular complexity index is 1660. The second-order valence-corrected chi connectivity index (χ2v) is 10.7. The van der Waals surface area contributed by atoms with Gasteiger partial charge in [0.1, 0.15) is 0 Å². The Hall–Kier alpha value is -3.78. The first kappa shape index (κ1) is 26.8. The predicted molar refractivity (Wildman–Crippen MR) is 157 cm³/mol. The van der Waals surface area contributed by atoms with Gasteiger partial charge >= 0.3 is 0 Å². The van der Waals surface area contributed by atoms with Crippen LogP contribution in [0.15, 0.2) is 89.7 Å². The third kappa shape index (κ3) is 5.52. The molecule has 3 N–H and O–H groups in total. The average Bonchev–Trinajstić information content (AvgIpc) is 3.17. The number of aliphatic hydroxyl groups excluding tert-OH is 1. The molecule has 1 unspecified atom stereocenters. The first-order chi connectivity index (χ1) is 18.7. The summed E-state index contributed by atoms with van der Waals surface area (Å²) in [5.74, 6) is -0.127. The molecule has 5 rings (SSSR count). The molecule has 1 amide bonds. The smallest absolute Gasteiger partial charge is 0.251 e. The maximum Gasteiger partial charge on any atom is 0.251 e. The average molecular weight is 585 g/mol. The number of carbonyl (C=O) groups excluding carboxylic acids is 1. The van der Waals surface area contributed by atoms with Crippen LogP contribution in [0.25, 0.3) is 22.0 Å². The highest BCUT2D eigenvalue weighted by Crippen LogP contribution is 2.30. The molecule has 1 atom stereocenters. The highest BCUT2D eigenvalue weighted by Gasteiger charge is 2.17. The second kappa shape index (κ2) is 11.1. The van der Waals surface area contributed by atoms with Crippen LogP contribution < -0.4 is 5.32 Å². The van der Waals surface area contributed by atoms with Crippen molar-refractivity contribution in [3.05, 3.63) is 123 Å². The van der Waals surface area contributed by atoms with Crippen molar-refractivity contribution in [2.45, 2.75) is 39.6 Å². The van der Waals surface area contributed by atoms with Gasteiger partial charge in [0.05, 0.1) is 6.04 Å². The molecule has 0 fully saturated rings. The third-order valence-corrected chi connectivity index (χ3v) is 7.75. The Kier molecular flexibility index (Phi) is 7.66. The van der Waals surface area contributed by atoms with Crippen molar-refractivity contribution < 1.29 is 15.0 Å². The van der Waals surface area contributed by atoms with Gasteiger partial charge in [-0.1, -0.05) is 48.5 Å². The summed E-state index contributed by atoms with van der Waals surface area (Å²) < 4.78 is 3.14. The Morgan fingerprint density at radius 1 is 1.00 bits per heavy atom. The molecule has 198 valence electrons. The van der Waals surface area contributed by atoms with Crippen molar-refractivity contribution in [2.24, 2.45) is 0 Å². The van der Waals surface area contributed by atoms with E-state index in [0.717, 1.165) is 48.9 Å². The number of hydrogen-bond acceptors (Lipinski definition) is 4. The van der Waals surface area contributed by atoms with Crippen LogP contribution in [0.5, 0.6) is 0 Å². The summed E-state index contributed by atoms with van der Waals surface area (Å²) in [5.41, 5.74) is 8.24.